The highest BCUT2D eigenvalue weighted by atomic mass is 16.5. The van der Waals surface area contributed by atoms with Gasteiger partial charge in [0.05, 0.1) is 34.5 Å². The molecule has 0 radical (unpaired) electrons. The van der Waals surface area contributed by atoms with Crippen LogP contribution >= 0.6 is 0 Å². The Morgan fingerprint density at radius 3 is 2.10 bits per heavy atom. The highest BCUT2D eigenvalue weighted by Gasteiger charge is 2.29. The number of methoxy groups -OCH3 is 4. The van der Waals surface area contributed by atoms with Gasteiger partial charge in [0.1, 0.15) is 23.4 Å². The number of nitrogens with zero attached hydrogens (tertiary/aromatic N) is 1. The number of carboxylic acids is 1. The molecule has 4 aromatic carbocycles. The number of rotatable bonds is 14. The van der Waals surface area contributed by atoms with Crippen molar-refractivity contribution in [2.45, 2.75) is 39.5 Å². The minimum absolute atomic E-state index is 0.0886. The summed E-state index contributed by atoms with van der Waals surface area (Å²) in [6.07, 6.45) is 0.170. The van der Waals surface area contributed by atoms with Gasteiger partial charge in [0.15, 0.2) is 34.5 Å². The van der Waals surface area contributed by atoms with Crippen LogP contribution in [0.5, 0.6) is 34.5 Å². The van der Waals surface area contributed by atoms with Crippen LogP contribution < -0.4 is 34.0 Å². The number of aromatic carboxylic acids is 1. The van der Waals surface area contributed by atoms with Crippen LogP contribution in [0.4, 0.5) is 0 Å². The van der Waals surface area contributed by atoms with E-state index in [0.717, 1.165) is 11.1 Å². The molecule has 6 aromatic rings. The third-order valence-electron chi connectivity index (χ3n) is 8.52. The summed E-state index contributed by atoms with van der Waals surface area (Å²) in [4.78, 5) is 27.4. The van der Waals surface area contributed by atoms with Crippen LogP contribution in [0.2, 0.25) is 0 Å². The average molecular weight is 694 g/mol. The van der Waals surface area contributed by atoms with E-state index in [4.69, 9.17) is 32.8 Å². The summed E-state index contributed by atoms with van der Waals surface area (Å²) in [6, 6.07) is 23.6. The van der Waals surface area contributed by atoms with Gasteiger partial charge in [-0.25, -0.2) is 9.59 Å². The fourth-order valence-electron chi connectivity index (χ4n) is 6.25. The van der Waals surface area contributed by atoms with Gasteiger partial charge in [-0.15, -0.1) is 0 Å². The van der Waals surface area contributed by atoms with Gasteiger partial charge in [-0.2, -0.15) is 0 Å². The second-order valence-electron chi connectivity index (χ2n) is 12.0. The number of carboxylic acid groups (broad SMARTS) is 1. The van der Waals surface area contributed by atoms with Crippen LogP contribution in [0.3, 0.4) is 0 Å². The summed E-state index contributed by atoms with van der Waals surface area (Å²) in [5.41, 5.74) is 2.12. The Kier molecular flexibility index (Phi) is 10.1. The molecular weight excluding hydrogens is 654 g/mol. The van der Waals surface area contributed by atoms with Crippen LogP contribution in [0.1, 0.15) is 35.5 Å². The Balaban J connectivity index is 1.61. The Morgan fingerprint density at radius 1 is 0.765 bits per heavy atom. The lowest BCUT2D eigenvalue weighted by molar-refractivity contribution is 0.0686. The molecule has 0 atom stereocenters. The zero-order valence-electron chi connectivity index (χ0n) is 29.3. The lowest BCUT2D eigenvalue weighted by atomic mass is 9.99. The molecule has 0 fully saturated rings. The predicted octanol–water partition coefficient (Wildman–Crippen LogP) is 7.76. The normalized spacial score (nSPS) is 11.2. The van der Waals surface area contributed by atoms with Gasteiger partial charge in [-0.3, -0.25) is 0 Å². The van der Waals surface area contributed by atoms with Crippen LogP contribution in [-0.2, 0) is 19.6 Å². The number of aromatic nitrogens is 1. The number of hydrogen-bond acceptors (Lipinski definition) is 9. The molecule has 264 valence electrons. The first kappa shape index (κ1) is 34.8. The quantitative estimate of drug-likeness (QED) is 0.113. The van der Waals surface area contributed by atoms with Crippen LogP contribution in [0.15, 0.2) is 88.1 Å². The molecule has 0 amide bonds. The molecule has 2 heterocycles. The zero-order chi connectivity index (χ0) is 36.2. The van der Waals surface area contributed by atoms with Crippen molar-refractivity contribution in [2.75, 3.05) is 28.4 Å². The minimum Gasteiger partial charge on any atom is -0.493 e. The van der Waals surface area contributed by atoms with E-state index in [-0.39, 0.29) is 36.0 Å². The standard InChI is InChI=1S/C40H39NO10/c1-23(2)50-34-19-26(13-15-29(34)46-4)35-36-27-20-32(48-6)33(49-22-25-10-8-7-9-11-25)21-30(27)51-40(44)38(36)41(37(35)39(42)43)17-16-24-12-14-28(45-3)31(18-24)47-5/h7-15,18-21,23H,16-17,22H2,1-6H3,(H,42,43). The molecule has 11 heteroatoms. The maximum Gasteiger partial charge on any atom is 0.361 e. The summed E-state index contributed by atoms with van der Waals surface area (Å²) in [5, 5.41) is 11.7. The van der Waals surface area contributed by atoms with Gasteiger partial charge >= 0.3 is 11.6 Å². The monoisotopic (exact) mass is 693 g/mol. The fraction of sp³-hybridized carbons (Fsp3) is 0.250. The molecule has 51 heavy (non-hydrogen) atoms. The largest absolute Gasteiger partial charge is 0.493 e. The van der Waals surface area contributed by atoms with Gasteiger partial charge in [0.25, 0.3) is 0 Å². The van der Waals surface area contributed by atoms with E-state index >= 15 is 0 Å². The second kappa shape index (κ2) is 14.8. The molecule has 0 aliphatic rings. The predicted molar refractivity (Wildman–Crippen MR) is 193 cm³/mol. The molecule has 1 N–H and O–H groups in total. The zero-order valence-corrected chi connectivity index (χ0v) is 29.3. The Hall–Kier alpha value is -6.10. The van der Waals surface area contributed by atoms with E-state index < -0.39 is 11.6 Å². The fourth-order valence-corrected chi connectivity index (χ4v) is 6.25. The Labute approximate surface area is 294 Å². The number of hydrogen-bond donors (Lipinski definition) is 1. The van der Waals surface area contributed by atoms with E-state index in [9.17, 15) is 14.7 Å². The van der Waals surface area contributed by atoms with Crippen molar-refractivity contribution < 1.29 is 42.7 Å². The summed E-state index contributed by atoms with van der Waals surface area (Å²) in [7, 11) is 6.15. The third kappa shape index (κ3) is 6.87. The molecular formula is C40H39NO10. The van der Waals surface area contributed by atoms with E-state index in [1.54, 1.807) is 50.6 Å². The Morgan fingerprint density at radius 2 is 1.43 bits per heavy atom. The van der Waals surface area contributed by atoms with Crippen molar-refractivity contribution in [1.82, 2.24) is 4.57 Å². The van der Waals surface area contributed by atoms with Crippen LogP contribution in [0, 0.1) is 0 Å². The van der Waals surface area contributed by atoms with Crippen LogP contribution in [0.25, 0.3) is 33.0 Å². The van der Waals surface area contributed by atoms with Crippen molar-refractivity contribution in [3.05, 3.63) is 106 Å². The smallest absolute Gasteiger partial charge is 0.361 e. The maximum absolute atomic E-state index is 14.1. The van der Waals surface area contributed by atoms with Crippen molar-refractivity contribution in [2.24, 2.45) is 0 Å². The summed E-state index contributed by atoms with van der Waals surface area (Å²) in [6.45, 7) is 4.15. The van der Waals surface area contributed by atoms with Crippen molar-refractivity contribution in [1.29, 1.82) is 0 Å². The number of aryl methyl sites for hydroxylation is 2. The first-order valence-corrected chi connectivity index (χ1v) is 16.3. The number of fused-ring (bicyclic) bond motifs is 3. The summed E-state index contributed by atoms with van der Waals surface area (Å²) >= 11 is 0. The van der Waals surface area contributed by atoms with Gasteiger partial charge in [0, 0.05) is 28.9 Å². The second-order valence-corrected chi connectivity index (χ2v) is 12.0. The van der Waals surface area contributed by atoms with Crippen molar-refractivity contribution in [3.8, 4) is 45.6 Å². The Bertz CT molecular complexity index is 2270. The van der Waals surface area contributed by atoms with Gasteiger partial charge < -0.3 is 42.5 Å². The molecule has 0 unspecified atom stereocenters. The van der Waals surface area contributed by atoms with Crippen molar-refractivity contribution in [3.63, 3.8) is 0 Å². The highest BCUT2D eigenvalue weighted by Crippen LogP contribution is 2.44. The summed E-state index contributed by atoms with van der Waals surface area (Å²) < 4.78 is 41.8. The third-order valence-corrected chi connectivity index (χ3v) is 8.52. The average Bonchev–Trinajstić information content (AvgIpc) is 3.49. The first-order valence-electron chi connectivity index (χ1n) is 16.3. The van der Waals surface area contributed by atoms with E-state index in [2.05, 4.69) is 0 Å². The first-order chi connectivity index (χ1) is 24.7. The van der Waals surface area contributed by atoms with Crippen LogP contribution in [-0.4, -0.2) is 50.2 Å². The van der Waals surface area contributed by atoms with E-state index in [0.29, 0.717) is 62.8 Å². The summed E-state index contributed by atoms with van der Waals surface area (Å²) in [5.74, 6) is 1.52. The van der Waals surface area contributed by atoms with Gasteiger partial charge in [-0.05, 0) is 67.3 Å². The number of benzene rings is 4. The minimum atomic E-state index is -1.22. The van der Waals surface area contributed by atoms with E-state index in [1.807, 2.05) is 56.3 Å². The molecule has 0 bridgehead atoms. The number of ether oxygens (including phenoxy) is 6. The van der Waals surface area contributed by atoms with Gasteiger partial charge in [-0.1, -0.05) is 42.5 Å². The molecule has 0 saturated carbocycles. The molecule has 0 spiro atoms. The van der Waals surface area contributed by atoms with Gasteiger partial charge in [0.2, 0.25) is 0 Å². The molecule has 0 aliphatic heterocycles. The number of carbonyl (C=O) groups is 1. The lowest BCUT2D eigenvalue weighted by Gasteiger charge is -2.15. The molecule has 0 saturated heterocycles. The molecule has 11 nitrogen and oxygen atoms in total. The molecule has 6 rings (SSSR count). The highest BCUT2D eigenvalue weighted by molar-refractivity contribution is 6.17. The van der Waals surface area contributed by atoms with E-state index in [1.165, 1.54) is 18.8 Å². The van der Waals surface area contributed by atoms with Crippen molar-refractivity contribution >= 4 is 27.8 Å². The lowest BCUT2D eigenvalue weighted by Crippen LogP contribution is -2.15. The molecule has 2 aromatic heterocycles. The topological polar surface area (TPSA) is 128 Å². The SMILES string of the molecule is COc1ccc(CCn2c(C(=O)O)c(-c3ccc(OC)c(OC(C)C)c3)c3c4cc(OC)c(OCc5ccccc5)cc4oc(=O)c32)cc1OC. The maximum atomic E-state index is 14.1. The molecule has 0 aliphatic carbocycles.